The van der Waals surface area contributed by atoms with Crippen LogP contribution in [0.25, 0.3) is 0 Å². The van der Waals surface area contributed by atoms with Gasteiger partial charge in [0.25, 0.3) is 10.0 Å². The largest absolute Gasteiger partial charge is 0.478 e. The van der Waals surface area contributed by atoms with Crippen molar-refractivity contribution in [2.75, 3.05) is 10.8 Å². The molecule has 0 spiro atoms. The van der Waals surface area contributed by atoms with E-state index in [1.54, 1.807) is 6.92 Å². The smallest absolute Gasteiger partial charge is 0.340 e. The van der Waals surface area contributed by atoms with Crippen molar-refractivity contribution in [3.8, 4) is 0 Å². The van der Waals surface area contributed by atoms with Crippen molar-refractivity contribution in [3.63, 3.8) is 0 Å². The molecule has 0 saturated heterocycles. The monoisotopic (exact) mass is 310 g/mol. The Morgan fingerprint density at radius 2 is 2.00 bits per heavy atom. The summed E-state index contributed by atoms with van der Waals surface area (Å²) in [7, 11) is -4.08. The number of carboxylic acid groups (broad SMARTS) is 1. The van der Waals surface area contributed by atoms with Gasteiger partial charge in [0.2, 0.25) is 5.03 Å². The van der Waals surface area contributed by atoms with Gasteiger partial charge in [-0.1, -0.05) is 0 Å². The molecule has 2 N–H and O–H groups in total. The third kappa shape index (κ3) is 2.59. The third-order valence-corrected chi connectivity index (χ3v) is 4.73. The SMILES string of the molecule is CCN(c1ccncc1)S(=O)(=O)c1n[nH]c(C)c1C(=O)O. The van der Waals surface area contributed by atoms with E-state index in [0.29, 0.717) is 5.69 Å². The number of anilines is 1. The molecule has 8 nitrogen and oxygen atoms in total. The van der Waals surface area contributed by atoms with Crippen LogP contribution in [0, 0.1) is 6.92 Å². The Morgan fingerprint density at radius 1 is 1.38 bits per heavy atom. The number of sulfonamides is 1. The lowest BCUT2D eigenvalue weighted by Crippen LogP contribution is -2.32. The van der Waals surface area contributed by atoms with E-state index in [2.05, 4.69) is 15.2 Å². The van der Waals surface area contributed by atoms with E-state index in [0.717, 1.165) is 4.31 Å². The Hall–Kier alpha value is -2.42. The van der Waals surface area contributed by atoms with Crippen molar-refractivity contribution in [1.82, 2.24) is 15.2 Å². The van der Waals surface area contributed by atoms with Crippen LogP contribution in [-0.2, 0) is 10.0 Å². The molecule has 0 aliphatic heterocycles. The third-order valence-electron chi connectivity index (χ3n) is 2.90. The van der Waals surface area contributed by atoms with E-state index in [4.69, 9.17) is 0 Å². The lowest BCUT2D eigenvalue weighted by atomic mass is 10.3. The molecule has 2 heterocycles. The van der Waals surface area contributed by atoms with Gasteiger partial charge >= 0.3 is 5.97 Å². The van der Waals surface area contributed by atoms with Crippen molar-refractivity contribution < 1.29 is 18.3 Å². The van der Waals surface area contributed by atoms with Crippen LogP contribution in [0.1, 0.15) is 23.0 Å². The van der Waals surface area contributed by atoms with E-state index in [1.165, 1.54) is 31.5 Å². The number of H-pyrrole nitrogens is 1. The van der Waals surface area contributed by atoms with Crippen LogP contribution >= 0.6 is 0 Å². The fourth-order valence-corrected chi connectivity index (χ4v) is 3.56. The first-order valence-corrected chi connectivity index (χ1v) is 7.54. The van der Waals surface area contributed by atoms with E-state index in [9.17, 15) is 18.3 Å². The maximum absolute atomic E-state index is 12.7. The fourth-order valence-electron chi connectivity index (χ4n) is 1.95. The highest BCUT2D eigenvalue weighted by Crippen LogP contribution is 2.25. The van der Waals surface area contributed by atoms with E-state index in [-0.39, 0.29) is 17.8 Å². The van der Waals surface area contributed by atoms with Crippen molar-refractivity contribution in [1.29, 1.82) is 0 Å². The molecule has 2 aromatic rings. The van der Waals surface area contributed by atoms with Gasteiger partial charge in [-0.05, 0) is 26.0 Å². The lowest BCUT2D eigenvalue weighted by molar-refractivity contribution is 0.0692. The quantitative estimate of drug-likeness (QED) is 0.852. The first-order valence-electron chi connectivity index (χ1n) is 6.10. The molecule has 2 aromatic heterocycles. The number of carbonyl (C=O) groups is 1. The zero-order valence-corrected chi connectivity index (χ0v) is 12.3. The van der Waals surface area contributed by atoms with Gasteiger partial charge in [-0.25, -0.2) is 4.79 Å². The number of carboxylic acids is 1. The predicted octanol–water partition coefficient (Wildman–Crippen LogP) is 1.03. The highest BCUT2D eigenvalue weighted by atomic mass is 32.2. The Labute approximate surface area is 121 Å². The topological polar surface area (TPSA) is 116 Å². The first-order chi connectivity index (χ1) is 9.89. The number of rotatable bonds is 5. The van der Waals surface area contributed by atoms with Crippen LogP contribution in [-0.4, -0.2) is 41.2 Å². The Kier molecular flexibility index (Phi) is 3.94. The summed E-state index contributed by atoms with van der Waals surface area (Å²) in [6.07, 6.45) is 2.92. The van der Waals surface area contributed by atoms with Crippen molar-refractivity contribution in [3.05, 3.63) is 35.8 Å². The Morgan fingerprint density at radius 3 is 2.52 bits per heavy atom. The van der Waals surface area contributed by atoms with Crippen LogP contribution < -0.4 is 4.31 Å². The number of aromatic nitrogens is 3. The normalized spacial score (nSPS) is 11.3. The van der Waals surface area contributed by atoms with E-state index in [1.807, 2.05) is 0 Å². The lowest BCUT2D eigenvalue weighted by Gasteiger charge is -2.21. The van der Waals surface area contributed by atoms with Crippen LogP contribution in [0.4, 0.5) is 5.69 Å². The van der Waals surface area contributed by atoms with Gasteiger partial charge in [-0.2, -0.15) is 13.5 Å². The predicted molar refractivity (Wildman–Crippen MR) is 74.7 cm³/mol. The molecule has 0 amide bonds. The maximum atomic E-state index is 12.7. The number of hydrogen-bond acceptors (Lipinski definition) is 5. The summed E-state index contributed by atoms with van der Waals surface area (Å²) in [5.74, 6) is -1.34. The summed E-state index contributed by atoms with van der Waals surface area (Å²) in [5.41, 5.74) is 0.235. The molecule has 0 atom stereocenters. The summed E-state index contributed by atoms with van der Waals surface area (Å²) in [6.45, 7) is 3.24. The molecular weight excluding hydrogens is 296 g/mol. The standard InChI is InChI=1S/C12H14N4O4S/c1-3-16(9-4-6-13-7-5-9)21(19,20)11-10(12(17)18)8(2)14-15-11/h4-7H,3H2,1-2H3,(H,14,15)(H,17,18). The molecular formula is C12H14N4O4S. The highest BCUT2D eigenvalue weighted by molar-refractivity contribution is 7.92. The molecule has 0 aliphatic carbocycles. The average molecular weight is 310 g/mol. The molecule has 0 unspecified atom stereocenters. The van der Waals surface area contributed by atoms with E-state index < -0.39 is 21.0 Å². The Bertz CT molecular complexity index is 755. The summed E-state index contributed by atoms with van der Waals surface area (Å²) < 4.78 is 26.4. The summed E-state index contributed by atoms with van der Waals surface area (Å²) in [6, 6.07) is 3.06. The zero-order chi connectivity index (χ0) is 15.6. The molecule has 0 aromatic carbocycles. The van der Waals surface area contributed by atoms with Gasteiger partial charge in [0.05, 0.1) is 5.69 Å². The number of hydrogen-bond donors (Lipinski definition) is 2. The maximum Gasteiger partial charge on any atom is 0.340 e. The van der Waals surface area contributed by atoms with Gasteiger partial charge in [0.15, 0.2) is 0 Å². The molecule has 9 heteroatoms. The van der Waals surface area contributed by atoms with Crippen LogP contribution in [0.5, 0.6) is 0 Å². The average Bonchev–Trinajstić information content (AvgIpc) is 2.83. The van der Waals surface area contributed by atoms with Crippen molar-refractivity contribution >= 4 is 21.7 Å². The minimum atomic E-state index is -4.08. The van der Waals surface area contributed by atoms with Gasteiger partial charge in [0, 0.05) is 24.6 Å². The Balaban J connectivity index is 2.59. The van der Waals surface area contributed by atoms with E-state index >= 15 is 0 Å². The highest BCUT2D eigenvalue weighted by Gasteiger charge is 2.32. The first kappa shape index (κ1) is 15.0. The molecule has 0 bridgehead atoms. The number of pyridine rings is 1. The number of nitrogens with one attached hydrogen (secondary N) is 1. The van der Waals surface area contributed by atoms with Gasteiger partial charge in [-0.15, -0.1) is 0 Å². The molecule has 21 heavy (non-hydrogen) atoms. The molecule has 0 aliphatic rings. The van der Waals surface area contributed by atoms with Gasteiger partial charge in [-0.3, -0.25) is 14.4 Å². The minimum absolute atomic E-state index is 0.136. The fraction of sp³-hybridized carbons (Fsp3) is 0.250. The van der Waals surface area contributed by atoms with Crippen LogP contribution in [0.3, 0.4) is 0 Å². The number of aromatic amines is 1. The van der Waals surface area contributed by atoms with Crippen LogP contribution in [0.15, 0.2) is 29.6 Å². The second-order valence-corrected chi connectivity index (χ2v) is 5.99. The van der Waals surface area contributed by atoms with Crippen molar-refractivity contribution in [2.24, 2.45) is 0 Å². The summed E-state index contributed by atoms with van der Waals surface area (Å²) in [5, 5.41) is 14.7. The van der Waals surface area contributed by atoms with Crippen molar-refractivity contribution in [2.45, 2.75) is 18.9 Å². The zero-order valence-electron chi connectivity index (χ0n) is 11.4. The second-order valence-electron chi connectivity index (χ2n) is 4.21. The summed E-state index contributed by atoms with van der Waals surface area (Å²) in [4.78, 5) is 15.1. The number of nitrogens with zero attached hydrogens (tertiary/aromatic N) is 3. The molecule has 112 valence electrons. The summed E-state index contributed by atoms with van der Waals surface area (Å²) >= 11 is 0. The van der Waals surface area contributed by atoms with Gasteiger partial charge < -0.3 is 5.11 Å². The number of aromatic carboxylic acids is 1. The van der Waals surface area contributed by atoms with Gasteiger partial charge in [0.1, 0.15) is 5.56 Å². The molecule has 0 radical (unpaired) electrons. The second kappa shape index (κ2) is 5.52. The molecule has 0 saturated carbocycles. The minimum Gasteiger partial charge on any atom is -0.478 e. The molecule has 2 rings (SSSR count). The van der Waals surface area contributed by atoms with Crippen LogP contribution in [0.2, 0.25) is 0 Å². The number of aryl methyl sites for hydroxylation is 1. The molecule has 0 fully saturated rings.